The lowest BCUT2D eigenvalue weighted by Gasteiger charge is -2.22. The molecule has 0 radical (unpaired) electrons. The molecule has 3 heteroatoms. The highest BCUT2D eigenvalue weighted by Crippen LogP contribution is 2.33. The van der Waals surface area contributed by atoms with Crippen LogP contribution in [0, 0.1) is 5.92 Å². The van der Waals surface area contributed by atoms with Crippen molar-refractivity contribution < 1.29 is 4.74 Å². The number of nitrogens with two attached hydrogens (primary N) is 1. The monoisotopic (exact) mass is 297 g/mol. The Morgan fingerprint density at radius 3 is 2.53 bits per heavy atom. The molecule has 2 nitrogen and oxygen atoms in total. The maximum Gasteiger partial charge on any atom is 0.0972 e. The summed E-state index contributed by atoms with van der Waals surface area (Å²) in [6.07, 6.45) is 3.95. The van der Waals surface area contributed by atoms with Gasteiger partial charge in [0.05, 0.1) is 6.10 Å². The largest absolute Gasteiger partial charge is 0.372 e. The summed E-state index contributed by atoms with van der Waals surface area (Å²) in [4.78, 5) is 0. The van der Waals surface area contributed by atoms with Crippen LogP contribution in [-0.2, 0) is 4.74 Å². The Morgan fingerprint density at radius 1 is 1.35 bits per heavy atom. The van der Waals surface area contributed by atoms with Crippen LogP contribution in [0.1, 0.15) is 37.9 Å². The molecule has 0 amide bonds. The molecule has 0 heterocycles. The molecule has 0 bridgehead atoms. The van der Waals surface area contributed by atoms with Gasteiger partial charge >= 0.3 is 0 Å². The van der Waals surface area contributed by atoms with Crippen LogP contribution in [0.3, 0.4) is 0 Å². The van der Waals surface area contributed by atoms with Gasteiger partial charge in [0, 0.05) is 17.1 Å². The quantitative estimate of drug-likeness (QED) is 0.870. The normalized spacial score (nSPS) is 19.0. The van der Waals surface area contributed by atoms with Gasteiger partial charge in [0.1, 0.15) is 0 Å². The third kappa shape index (κ3) is 4.09. The van der Waals surface area contributed by atoms with E-state index in [0.29, 0.717) is 0 Å². The van der Waals surface area contributed by atoms with E-state index in [1.54, 1.807) is 0 Å². The predicted molar refractivity (Wildman–Crippen MR) is 73.8 cm³/mol. The van der Waals surface area contributed by atoms with Gasteiger partial charge in [0.2, 0.25) is 0 Å². The topological polar surface area (TPSA) is 35.2 Å². The first-order chi connectivity index (χ1) is 8.16. The van der Waals surface area contributed by atoms with Crippen LogP contribution in [0.25, 0.3) is 0 Å². The van der Waals surface area contributed by atoms with Gasteiger partial charge in [-0.25, -0.2) is 0 Å². The van der Waals surface area contributed by atoms with Gasteiger partial charge in [-0.1, -0.05) is 40.9 Å². The summed E-state index contributed by atoms with van der Waals surface area (Å²) in [5.41, 5.74) is 7.17. The fourth-order valence-corrected chi connectivity index (χ4v) is 2.24. The number of hydrogen-bond donors (Lipinski definition) is 1. The van der Waals surface area contributed by atoms with Crippen molar-refractivity contribution in [3.05, 3.63) is 34.3 Å². The SMILES string of the molecule is CC(N)C(OCCC1CC1)c1ccc(Br)cc1. The molecule has 0 spiro atoms. The van der Waals surface area contributed by atoms with Gasteiger partial charge in [0.15, 0.2) is 0 Å². The first-order valence-electron chi connectivity index (χ1n) is 6.29. The average molecular weight is 298 g/mol. The average Bonchev–Trinajstić information content (AvgIpc) is 3.09. The van der Waals surface area contributed by atoms with Crippen LogP contribution >= 0.6 is 15.9 Å². The number of benzene rings is 1. The van der Waals surface area contributed by atoms with E-state index in [0.717, 1.165) is 17.0 Å². The second-order valence-corrected chi connectivity index (χ2v) is 5.85. The molecule has 0 aromatic heterocycles. The van der Waals surface area contributed by atoms with E-state index < -0.39 is 0 Å². The zero-order chi connectivity index (χ0) is 12.3. The van der Waals surface area contributed by atoms with Crippen molar-refractivity contribution in [1.29, 1.82) is 0 Å². The minimum absolute atomic E-state index is 0.0156. The zero-order valence-corrected chi connectivity index (χ0v) is 11.8. The molecule has 1 saturated carbocycles. The van der Waals surface area contributed by atoms with E-state index in [2.05, 4.69) is 28.1 Å². The fourth-order valence-electron chi connectivity index (χ4n) is 1.97. The minimum Gasteiger partial charge on any atom is -0.372 e. The Bertz CT molecular complexity index is 346. The molecule has 1 fully saturated rings. The maximum atomic E-state index is 6.00. The molecule has 1 aliphatic carbocycles. The molecule has 2 atom stereocenters. The van der Waals surface area contributed by atoms with Crippen LogP contribution in [0.15, 0.2) is 28.7 Å². The summed E-state index contributed by atoms with van der Waals surface area (Å²) in [7, 11) is 0. The molecule has 17 heavy (non-hydrogen) atoms. The first-order valence-corrected chi connectivity index (χ1v) is 7.09. The predicted octanol–water partition coefficient (Wildman–Crippen LogP) is 3.65. The molecule has 1 aromatic carbocycles. The van der Waals surface area contributed by atoms with Crippen LogP contribution < -0.4 is 5.73 Å². The second kappa shape index (κ2) is 5.98. The van der Waals surface area contributed by atoms with Gasteiger partial charge < -0.3 is 10.5 Å². The number of rotatable bonds is 6. The summed E-state index contributed by atoms with van der Waals surface area (Å²) >= 11 is 3.44. The van der Waals surface area contributed by atoms with Crippen molar-refractivity contribution in [3.63, 3.8) is 0 Å². The number of ether oxygens (including phenoxy) is 1. The lowest BCUT2D eigenvalue weighted by molar-refractivity contribution is 0.0347. The van der Waals surface area contributed by atoms with Crippen LogP contribution in [0.2, 0.25) is 0 Å². The van der Waals surface area contributed by atoms with E-state index in [1.165, 1.54) is 24.8 Å². The van der Waals surface area contributed by atoms with Crippen LogP contribution in [-0.4, -0.2) is 12.6 Å². The molecule has 2 unspecified atom stereocenters. The lowest BCUT2D eigenvalue weighted by Crippen LogP contribution is -2.27. The van der Waals surface area contributed by atoms with Gasteiger partial charge in [-0.05, 0) is 37.0 Å². The second-order valence-electron chi connectivity index (χ2n) is 4.93. The third-order valence-electron chi connectivity index (χ3n) is 3.20. The van der Waals surface area contributed by atoms with E-state index >= 15 is 0 Å². The minimum atomic E-state index is 0.0156. The Kier molecular flexibility index (Phi) is 4.60. The lowest BCUT2D eigenvalue weighted by atomic mass is 10.0. The van der Waals surface area contributed by atoms with E-state index in [1.807, 2.05) is 19.1 Å². The summed E-state index contributed by atoms with van der Waals surface area (Å²) in [5, 5.41) is 0. The van der Waals surface area contributed by atoms with Gasteiger partial charge in [-0.3, -0.25) is 0 Å². The van der Waals surface area contributed by atoms with E-state index in [9.17, 15) is 0 Å². The van der Waals surface area contributed by atoms with Crippen LogP contribution in [0.4, 0.5) is 0 Å². The Morgan fingerprint density at radius 2 is 2.00 bits per heavy atom. The zero-order valence-electron chi connectivity index (χ0n) is 10.2. The van der Waals surface area contributed by atoms with Crippen molar-refractivity contribution in [2.24, 2.45) is 11.7 Å². The standard InChI is InChI=1S/C14H20BrNO/c1-10(16)14(17-9-8-11-2-3-11)12-4-6-13(15)7-5-12/h4-7,10-11,14H,2-3,8-9,16H2,1H3. The van der Waals surface area contributed by atoms with Crippen molar-refractivity contribution >= 4 is 15.9 Å². The van der Waals surface area contributed by atoms with Crippen molar-refractivity contribution in [2.75, 3.05) is 6.61 Å². The van der Waals surface area contributed by atoms with Crippen molar-refractivity contribution in [2.45, 2.75) is 38.3 Å². The smallest absolute Gasteiger partial charge is 0.0972 e. The highest BCUT2D eigenvalue weighted by Gasteiger charge is 2.22. The first kappa shape index (κ1) is 13.1. The van der Waals surface area contributed by atoms with Crippen molar-refractivity contribution in [3.8, 4) is 0 Å². The van der Waals surface area contributed by atoms with E-state index in [4.69, 9.17) is 10.5 Å². The molecule has 2 N–H and O–H groups in total. The van der Waals surface area contributed by atoms with E-state index in [-0.39, 0.29) is 12.1 Å². The van der Waals surface area contributed by atoms with Crippen LogP contribution in [0.5, 0.6) is 0 Å². The third-order valence-corrected chi connectivity index (χ3v) is 3.73. The molecular formula is C14H20BrNO. The Labute approximate surface area is 112 Å². The Balaban J connectivity index is 1.92. The number of halogens is 1. The highest BCUT2D eigenvalue weighted by atomic mass is 79.9. The molecule has 0 aliphatic heterocycles. The molecule has 0 saturated heterocycles. The molecular weight excluding hydrogens is 278 g/mol. The summed E-state index contributed by atoms with van der Waals surface area (Å²) in [6.45, 7) is 2.83. The summed E-state index contributed by atoms with van der Waals surface area (Å²) < 4.78 is 7.03. The molecule has 1 aliphatic rings. The highest BCUT2D eigenvalue weighted by molar-refractivity contribution is 9.10. The summed E-state index contributed by atoms with van der Waals surface area (Å²) in [5.74, 6) is 0.911. The van der Waals surface area contributed by atoms with Crippen molar-refractivity contribution in [1.82, 2.24) is 0 Å². The Hall–Kier alpha value is -0.380. The number of hydrogen-bond acceptors (Lipinski definition) is 2. The maximum absolute atomic E-state index is 6.00. The van der Waals surface area contributed by atoms with Gasteiger partial charge in [0.25, 0.3) is 0 Å². The molecule has 94 valence electrons. The summed E-state index contributed by atoms with van der Waals surface area (Å²) in [6, 6.07) is 8.25. The van der Waals surface area contributed by atoms with Gasteiger partial charge in [-0.15, -0.1) is 0 Å². The molecule has 2 rings (SSSR count). The molecule has 1 aromatic rings. The fraction of sp³-hybridized carbons (Fsp3) is 0.571. The van der Waals surface area contributed by atoms with Gasteiger partial charge in [-0.2, -0.15) is 0 Å².